The minimum atomic E-state index is -0.368. The lowest BCUT2D eigenvalue weighted by atomic mass is 10.1. The second-order valence-electron chi connectivity index (χ2n) is 8.10. The van der Waals surface area contributed by atoms with Crippen molar-refractivity contribution in [3.05, 3.63) is 89.2 Å². The van der Waals surface area contributed by atoms with Crippen molar-refractivity contribution in [2.75, 3.05) is 31.1 Å². The minimum Gasteiger partial charge on any atom is -0.352 e. The monoisotopic (exact) mass is 471 g/mol. The van der Waals surface area contributed by atoms with E-state index in [4.69, 9.17) is 0 Å². The highest BCUT2D eigenvalue weighted by Crippen LogP contribution is 2.19. The van der Waals surface area contributed by atoms with Crippen molar-refractivity contribution < 1.29 is 9.18 Å². The number of hydrogen-bond acceptors (Lipinski definition) is 7. The third-order valence-electron chi connectivity index (χ3n) is 5.87. The number of carbonyl (C=O) groups excluding carboxylic acids is 1. The Morgan fingerprint density at radius 3 is 2.17 bits per heavy atom. The molecule has 1 saturated heterocycles. The summed E-state index contributed by atoms with van der Waals surface area (Å²) >= 11 is 0. The number of amides is 1. The van der Waals surface area contributed by atoms with Crippen LogP contribution in [0.3, 0.4) is 0 Å². The molecule has 0 radical (unpaired) electrons. The van der Waals surface area contributed by atoms with Crippen molar-refractivity contribution in [1.82, 2.24) is 29.9 Å². The van der Waals surface area contributed by atoms with Gasteiger partial charge in [-0.05, 0) is 54.6 Å². The quantitative estimate of drug-likeness (QED) is 0.440. The molecule has 9 nitrogen and oxygen atoms in total. The summed E-state index contributed by atoms with van der Waals surface area (Å²) in [5, 5.41) is 13.0. The van der Waals surface area contributed by atoms with Crippen LogP contribution in [0.5, 0.6) is 0 Å². The van der Waals surface area contributed by atoms with Crippen LogP contribution < -0.4 is 10.5 Å². The van der Waals surface area contributed by atoms with E-state index in [0.29, 0.717) is 37.4 Å². The van der Waals surface area contributed by atoms with Crippen LogP contribution >= 0.6 is 0 Å². The second kappa shape index (κ2) is 9.80. The molecule has 35 heavy (non-hydrogen) atoms. The van der Waals surface area contributed by atoms with E-state index in [1.807, 2.05) is 24.3 Å². The highest BCUT2D eigenvalue weighted by molar-refractivity contribution is 5.76. The zero-order chi connectivity index (χ0) is 24.2. The Bertz CT molecular complexity index is 1370. The maximum atomic E-state index is 13.2. The number of pyridine rings is 1. The fourth-order valence-corrected chi connectivity index (χ4v) is 3.92. The molecule has 0 aliphatic carbocycles. The third-order valence-corrected chi connectivity index (χ3v) is 5.87. The number of aromatic nitrogens is 5. The number of nitrogens with zero attached hydrogens (tertiary/aromatic N) is 7. The van der Waals surface area contributed by atoms with E-state index >= 15 is 0 Å². The lowest BCUT2D eigenvalue weighted by molar-refractivity contribution is -0.132. The molecule has 1 aliphatic heterocycles. The Morgan fingerprint density at radius 2 is 1.49 bits per heavy atom. The van der Waals surface area contributed by atoms with E-state index in [2.05, 4.69) is 25.2 Å². The smallest absolute Gasteiger partial charge is 0.267 e. The van der Waals surface area contributed by atoms with Gasteiger partial charge in [0.15, 0.2) is 5.82 Å². The summed E-state index contributed by atoms with van der Waals surface area (Å²) in [4.78, 5) is 33.0. The summed E-state index contributed by atoms with van der Waals surface area (Å²) in [5.74, 6) is 0.210. The molecule has 4 heterocycles. The molecule has 0 N–H and O–H groups in total. The number of benzene rings is 1. The average molecular weight is 471 g/mol. The van der Waals surface area contributed by atoms with Crippen LogP contribution in [0, 0.1) is 5.82 Å². The number of carbonyl (C=O) groups is 1. The van der Waals surface area contributed by atoms with Gasteiger partial charge in [0.05, 0.1) is 11.4 Å². The first-order valence-electron chi connectivity index (χ1n) is 11.2. The second-order valence-corrected chi connectivity index (χ2v) is 8.10. The number of anilines is 1. The maximum Gasteiger partial charge on any atom is 0.267 e. The van der Waals surface area contributed by atoms with Gasteiger partial charge in [-0.25, -0.2) is 9.07 Å². The van der Waals surface area contributed by atoms with Gasteiger partial charge in [0.2, 0.25) is 5.91 Å². The Hall–Kier alpha value is -4.47. The zero-order valence-corrected chi connectivity index (χ0v) is 18.8. The molecule has 1 aliphatic rings. The number of piperazine rings is 1. The van der Waals surface area contributed by atoms with Gasteiger partial charge in [-0.2, -0.15) is 5.10 Å². The van der Waals surface area contributed by atoms with Gasteiger partial charge in [-0.15, -0.1) is 10.2 Å². The highest BCUT2D eigenvalue weighted by Gasteiger charge is 2.23. The normalized spacial score (nSPS) is 13.6. The van der Waals surface area contributed by atoms with Crippen LogP contribution in [0.15, 0.2) is 77.9 Å². The molecule has 1 fully saturated rings. The summed E-state index contributed by atoms with van der Waals surface area (Å²) in [6.45, 7) is 2.05. The standard InChI is InChI=1S/C25H22FN7O2/c26-20-3-1-18(2-4-20)22-6-8-24(34)33(30-22)17-25(35)32-15-13-31(14-16-32)23-7-5-21(28-29-23)19-9-11-27-12-10-19/h1-12H,13-17H2. The Labute approximate surface area is 200 Å². The largest absolute Gasteiger partial charge is 0.352 e. The fourth-order valence-electron chi connectivity index (χ4n) is 3.92. The Morgan fingerprint density at radius 1 is 0.800 bits per heavy atom. The summed E-state index contributed by atoms with van der Waals surface area (Å²) in [5.41, 5.74) is 2.51. The summed E-state index contributed by atoms with van der Waals surface area (Å²) in [6, 6.07) is 16.4. The summed E-state index contributed by atoms with van der Waals surface area (Å²) < 4.78 is 14.4. The first kappa shape index (κ1) is 22.3. The minimum absolute atomic E-state index is 0.158. The molecule has 0 saturated carbocycles. The van der Waals surface area contributed by atoms with E-state index < -0.39 is 0 Å². The molecule has 0 bridgehead atoms. The lowest BCUT2D eigenvalue weighted by Gasteiger charge is -2.35. The SMILES string of the molecule is O=C(Cn1nc(-c2ccc(F)cc2)ccc1=O)N1CCN(c2ccc(-c3ccncc3)nn2)CC1. The molecule has 176 valence electrons. The molecular weight excluding hydrogens is 449 g/mol. The summed E-state index contributed by atoms with van der Waals surface area (Å²) in [6.07, 6.45) is 3.42. The molecule has 3 aromatic heterocycles. The van der Waals surface area contributed by atoms with Crippen molar-refractivity contribution >= 4 is 11.7 Å². The van der Waals surface area contributed by atoms with E-state index in [-0.39, 0.29) is 23.8 Å². The van der Waals surface area contributed by atoms with Gasteiger partial charge in [0.25, 0.3) is 5.56 Å². The van der Waals surface area contributed by atoms with E-state index in [1.165, 1.54) is 18.2 Å². The van der Waals surface area contributed by atoms with Gasteiger partial charge < -0.3 is 9.80 Å². The van der Waals surface area contributed by atoms with Crippen molar-refractivity contribution in [3.8, 4) is 22.5 Å². The van der Waals surface area contributed by atoms with Crippen molar-refractivity contribution in [2.45, 2.75) is 6.54 Å². The number of hydrogen-bond donors (Lipinski definition) is 0. The predicted molar refractivity (Wildman–Crippen MR) is 128 cm³/mol. The first-order valence-corrected chi connectivity index (χ1v) is 11.2. The molecule has 0 unspecified atom stereocenters. The molecule has 5 rings (SSSR count). The van der Waals surface area contributed by atoms with E-state index in [0.717, 1.165) is 21.8 Å². The topological polar surface area (TPSA) is 97.1 Å². The van der Waals surface area contributed by atoms with Crippen LogP contribution in [0.4, 0.5) is 10.2 Å². The Kier molecular flexibility index (Phi) is 6.25. The number of rotatable bonds is 5. The number of halogens is 1. The Balaban J connectivity index is 1.21. The van der Waals surface area contributed by atoms with Gasteiger partial charge in [-0.1, -0.05) is 0 Å². The molecule has 1 aromatic carbocycles. The van der Waals surface area contributed by atoms with Gasteiger partial charge in [0, 0.05) is 55.8 Å². The maximum absolute atomic E-state index is 13.2. The molecule has 10 heteroatoms. The van der Waals surface area contributed by atoms with Gasteiger partial charge >= 0.3 is 0 Å². The predicted octanol–water partition coefficient (Wildman–Crippen LogP) is 2.25. The lowest BCUT2D eigenvalue weighted by Crippen LogP contribution is -2.50. The molecule has 0 atom stereocenters. The van der Waals surface area contributed by atoms with Crippen LogP contribution in [0.2, 0.25) is 0 Å². The molecule has 1 amide bonds. The highest BCUT2D eigenvalue weighted by atomic mass is 19.1. The van der Waals surface area contributed by atoms with Crippen LogP contribution in [0.1, 0.15) is 0 Å². The van der Waals surface area contributed by atoms with Crippen molar-refractivity contribution in [2.24, 2.45) is 0 Å². The fraction of sp³-hybridized carbons (Fsp3) is 0.200. The van der Waals surface area contributed by atoms with Gasteiger partial charge in [-0.3, -0.25) is 14.6 Å². The average Bonchev–Trinajstić information content (AvgIpc) is 2.91. The van der Waals surface area contributed by atoms with Crippen molar-refractivity contribution in [3.63, 3.8) is 0 Å². The zero-order valence-electron chi connectivity index (χ0n) is 18.8. The summed E-state index contributed by atoms with van der Waals surface area (Å²) in [7, 11) is 0. The molecular formula is C25H22FN7O2. The van der Waals surface area contributed by atoms with Gasteiger partial charge in [0.1, 0.15) is 12.4 Å². The van der Waals surface area contributed by atoms with Crippen LogP contribution in [-0.2, 0) is 11.3 Å². The first-order chi connectivity index (χ1) is 17.1. The van der Waals surface area contributed by atoms with Crippen LogP contribution in [0.25, 0.3) is 22.5 Å². The van der Waals surface area contributed by atoms with Crippen molar-refractivity contribution in [1.29, 1.82) is 0 Å². The molecule has 0 spiro atoms. The molecule has 4 aromatic rings. The van der Waals surface area contributed by atoms with E-state index in [9.17, 15) is 14.0 Å². The third kappa shape index (κ3) is 5.06. The van der Waals surface area contributed by atoms with Crippen LogP contribution in [-0.4, -0.2) is 61.9 Å². The van der Waals surface area contributed by atoms with E-state index in [1.54, 1.807) is 35.5 Å².